The maximum absolute atomic E-state index is 12.6. The van der Waals surface area contributed by atoms with E-state index in [-0.39, 0.29) is 24.1 Å². The third-order valence-corrected chi connectivity index (χ3v) is 5.93. The molecule has 2 rings (SSSR count). The highest BCUT2D eigenvalue weighted by Crippen LogP contribution is 2.27. The molecular formula is C13H19ClN2O3S. The Kier molecular flexibility index (Phi) is 5.04. The van der Waals surface area contributed by atoms with E-state index < -0.39 is 10.0 Å². The number of hydrogen-bond acceptors (Lipinski definition) is 4. The summed E-state index contributed by atoms with van der Waals surface area (Å²) in [5, 5.41) is 9.71. The van der Waals surface area contributed by atoms with Gasteiger partial charge in [0, 0.05) is 24.2 Å². The van der Waals surface area contributed by atoms with Crippen molar-refractivity contribution in [2.45, 2.75) is 36.7 Å². The molecule has 20 heavy (non-hydrogen) atoms. The Morgan fingerprint density at radius 3 is 2.75 bits per heavy atom. The van der Waals surface area contributed by atoms with E-state index in [0.717, 1.165) is 12.8 Å². The number of halogens is 1. The molecule has 5 nitrogen and oxygen atoms in total. The number of sulfonamides is 1. The van der Waals surface area contributed by atoms with Crippen molar-refractivity contribution in [2.24, 2.45) is 5.73 Å². The number of nitrogens with zero attached hydrogens (tertiary/aromatic N) is 1. The zero-order chi connectivity index (χ0) is 14.8. The zero-order valence-corrected chi connectivity index (χ0v) is 12.7. The topological polar surface area (TPSA) is 83.6 Å². The Hall–Kier alpha value is -0.660. The number of piperidine rings is 1. The summed E-state index contributed by atoms with van der Waals surface area (Å²) in [6.07, 6.45) is 2.43. The molecule has 0 radical (unpaired) electrons. The first kappa shape index (κ1) is 15.7. The number of nitrogens with two attached hydrogens (primary N) is 1. The van der Waals surface area contributed by atoms with Gasteiger partial charge in [-0.1, -0.05) is 24.1 Å². The van der Waals surface area contributed by atoms with Gasteiger partial charge in [-0.15, -0.1) is 0 Å². The first-order valence-corrected chi connectivity index (χ1v) is 8.43. The van der Waals surface area contributed by atoms with Crippen LogP contribution in [0.5, 0.6) is 0 Å². The van der Waals surface area contributed by atoms with Crippen LogP contribution in [-0.4, -0.2) is 37.0 Å². The SMILES string of the molecule is NCc1ccc(S(=O)(=O)N2CCCCC2CO)cc1Cl. The molecule has 1 unspecified atom stereocenters. The molecule has 0 spiro atoms. The second kappa shape index (κ2) is 6.41. The van der Waals surface area contributed by atoms with E-state index in [4.69, 9.17) is 17.3 Å². The zero-order valence-electron chi connectivity index (χ0n) is 11.1. The van der Waals surface area contributed by atoms with Gasteiger partial charge >= 0.3 is 0 Å². The average molecular weight is 319 g/mol. The molecule has 1 atom stereocenters. The molecule has 1 heterocycles. The molecule has 112 valence electrons. The maximum atomic E-state index is 12.6. The smallest absolute Gasteiger partial charge is 0.243 e. The van der Waals surface area contributed by atoms with Crippen LogP contribution < -0.4 is 5.73 Å². The lowest BCUT2D eigenvalue weighted by atomic mass is 10.1. The van der Waals surface area contributed by atoms with Gasteiger partial charge in [0.15, 0.2) is 0 Å². The van der Waals surface area contributed by atoms with Crippen LogP contribution in [0.2, 0.25) is 5.02 Å². The van der Waals surface area contributed by atoms with Gasteiger partial charge < -0.3 is 10.8 Å². The third kappa shape index (κ3) is 2.99. The van der Waals surface area contributed by atoms with Crippen molar-refractivity contribution in [1.29, 1.82) is 0 Å². The first-order chi connectivity index (χ1) is 9.50. The Bertz CT molecular complexity index is 577. The minimum absolute atomic E-state index is 0.153. The second-order valence-electron chi connectivity index (χ2n) is 4.91. The van der Waals surface area contributed by atoms with Crippen molar-refractivity contribution in [3.63, 3.8) is 0 Å². The third-order valence-electron chi connectivity index (χ3n) is 3.63. The van der Waals surface area contributed by atoms with Crippen LogP contribution in [0.25, 0.3) is 0 Å². The summed E-state index contributed by atoms with van der Waals surface area (Å²) >= 11 is 6.03. The minimum atomic E-state index is -3.62. The summed E-state index contributed by atoms with van der Waals surface area (Å²) in [5.74, 6) is 0. The van der Waals surface area contributed by atoms with E-state index in [2.05, 4.69) is 0 Å². The summed E-state index contributed by atoms with van der Waals surface area (Å²) in [7, 11) is -3.62. The molecule has 3 N–H and O–H groups in total. The quantitative estimate of drug-likeness (QED) is 0.877. The molecule has 1 aliphatic rings. The van der Waals surface area contributed by atoms with Crippen LogP contribution in [0.3, 0.4) is 0 Å². The van der Waals surface area contributed by atoms with E-state index in [0.29, 0.717) is 23.6 Å². The van der Waals surface area contributed by atoms with Crippen LogP contribution >= 0.6 is 11.6 Å². The summed E-state index contributed by atoms with van der Waals surface area (Å²) in [5.41, 5.74) is 6.23. The van der Waals surface area contributed by atoms with E-state index in [1.165, 1.54) is 16.4 Å². The maximum Gasteiger partial charge on any atom is 0.243 e. The predicted octanol–water partition coefficient (Wildman–Crippen LogP) is 1.33. The van der Waals surface area contributed by atoms with Crippen molar-refractivity contribution >= 4 is 21.6 Å². The Morgan fingerprint density at radius 1 is 1.40 bits per heavy atom. The molecule has 1 saturated heterocycles. The predicted molar refractivity (Wildman–Crippen MR) is 78.0 cm³/mol. The average Bonchev–Trinajstić information content (AvgIpc) is 2.47. The Balaban J connectivity index is 2.36. The van der Waals surface area contributed by atoms with Gasteiger partial charge in [0.05, 0.1) is 11.5 Å². The highest BCUT2D eigenvalue weighted by Gasteiger charge is 2.33. The summed E-state index contributed by atoms with van der Waals surface area (Å²) in [4.78, 5) is 0.153. The van der Waals surface area contributed by atoms with Crippen LogP contribution in [0.1, 0.15) is 24.8 Å². The number of aliphatic hydroxyl groups excluding tert-OH is 1. The van der Waals surface area contributed by atoms with Crippen molar-refractivity contribution in [2.75, 3.05) is 13.2 Å². The largest absolute Gasteiger partial charge is 0.395 e. The van der Waals surface area contributed by atoms with Crippen LogP contribution in [0.15, 0.2) is 23.1 Å². The Labute approximate surface area is 124 Å². The monoisotopic (exact) mass is 318 g/mol. The highest BCUT2D eigenvalue weighted by atomic mass is 35.5. The van der Waals surface area contributed by atoms with Crippen LogP contribution in [-0.2, 0) is 16.6 Å². The molecule has 0 bridgehead atoms. The molecule has 0 aromatic heterocycles. The van der Waals surface area contributed by atoms with Gasteiger partial charge in [0.25, 0.3) is 0 Å². The molecule has 0 saturated carbocycles. The molecule has 0 amide bonds. The fraction of sp³-hybridized carbons (Fsp3) is 0.538. The Morgan fingerprint density at radius 2 is 2.15 bits per heavy atom. The molecule has 1 aromatic carbocycles. The molecule has 1 fully saturated rings. The number of aliphatic hydroxyl groups is 1. The summed E-state index contributed by atoms with van der Waals surface area (Å²) < 4.78 is 26.6. The number of benzene rings is 1. The number of rotatable bonds is 4. The lowest BCUT2D eigenvalue weighted by Crippen LogP contribution is -2.45. The van der Waals surface area contributed by atoms with Gasteiger partial charge in [-0.2, -0.15) is 4.31 Å². The second-order valence-corrected chi connectivity index (χ2v) is 7.20. The minimum Gasteiger partial charge on any atom is -0.395 e. The van der Waals surface area contributed by atoms with E-state index in [1.54, 1.807) is 6.07 Å². The lowest BCUT2D eigenvalue weighted by Gasteiger charge is -2.33. The lowest BCUT2D eigenvalue weighted by molar-refractivity contribution is 0.155. The molecular weight excluding hydrogens is 300 g/mol. The van der Waals surface area contributed by atoms with Gasteiger partial charge in [0.1, 0.15) is 0 Å². The van der Waals surface area contributed by atoms with Crippen LogP contribution in [0, 0.1) is 0 Å². The molecule has 7 heteroatoms. The number of hydrogen-bond donors (Lipinski definition) is 2. The van der Waals surface area contributed by atoms with Crippen molar-refractivity contribution in [3.05, 3.63) is 28.8 Å². The summed E-state index contributed by atoms with van der Waals surface area (Å²) in [6, 6.07) is 4.24. The highest BCUT2D eigenvalue weighted by molar-refractivity contribution is 7.89. The summed E-state index contributed by atoms with van der Waals surface area (Å²) in [6.45, 7) is 0.541. The van der Waals surface area contributed by atoms with E-state index in [9.17, 15) is 13.5 Å². The van der Waals surface area contributed by atoms with E-state index >= 15 is 0 Å². The van der Waals surface area contributed by atoms with Crippen molar-refractivity contribution in [1.82, 2.24) is 4.31 Å². The van der Waals surface area contributed by atoms with Crippen molar-refractivity contribution < 1.29 is 13.5 Å². The normalized spacial score (nSPS) is 21.1. The van der Waals surface area contributed by atoms with Gasteiger partial charge in [-0.05, 0) is 30.5 Å². The van der Waals surface area contributed by atoms with Gasteiger partial charge in [-0.3, -0.25) is 0 Å². The standard InChI is InChI=1S/C13H19ClN2O3S/c14-13-7-12(5-4-10(13)8-15)20(18,19)16-6-2-1-3-11(16)9-17/h4-5,7,11,17H,1-3,6,8-9,15H2. The fourth-order valence-corrected chi connectivity index (χ4v) is 4.50. The fourth-order valence-electron chi connectivity index (χ4n) is 2.46. The molecule has 0 aliphatic carbocycles. The first-order valence-electron chi connectivity index (χ1n) is 6.62. The van der Waals surface area contributed by atoms with E-state index in [1.807, 2.05) is 0 Å². The van der Waals surface area contributed by atoms with Crippen LogP contribution in [0.4, 0.5) is 0 Å². The molecule has 1 aliphatic heterocycles. The molecule has 1 aromatic rings. The van der Waals surface area contributed by atoms with Crippen molar-refractivity contribution in [3.8, 4) is 0 Å². The van der Waals surface area contributed by atoms with Gasteiger partial charge in [0.2, 0.25) is 10.0 Å². The van der Waals surface area contributed by atoms with Gasteiger partial charge in [-0.25, -0.2) is 8.42 Å².